The highest BCUT2D eigenvalue weighted by Gasteiger charge is 2.12. The van der Waals surface area contributed by atoms with E-state index in [1.54, 1.807) is 6.34 Å². The molecule has 3 aromatic rings. The van der Waals surface area contributed by atoms with Gasteiger partial charge in [-0.25, -0.2) is 9.67 Å². The maximum absolute atomic E-state index is 4.39. The molecule has 80 valence electrons. The lowest BCUT2D eigenvalue weighted by Crippen LogP contribution is -1.89. The molecule has 1 aliphatic rings. The van der Waals surface area contributed by atoms with E-state index < -0.39 is 0 Å². The second-order valence-electron chi connectivity index (χ2n) is 4.08. The molecule has 17 heavy (non-hydrogen) atoms. The lowest BCUT2D eigenvalue weighted by molar-refractivity contribution is 0.974. The molecule has 0 atom stereocenters. The molecule has 0 saturated heterocycles. The minimum Gasteiger partial charge on any atom is -0.242 e. The lowest BCUT2D eigenvalue weighted by Gasteiger charge is -1.99. The molecular weight excluding hydrogens is 210 g/mol. The quantitative estimate of drug-likeness (QED) is 0.556. The van der Waals surface area contributed by atoms with Gasteiger partial charge in [-0.2, -0.15) is 5.10 Å². The molecule has 3 heteroatoms. The molecular formula is C14H9N3. The molecule has 0 amide bonds. The Morgan fingerprint density at radius 2 is 1.76 bits per heavy atom. The summed E-state index contributed by atoms with van der Waals surface area (Å²) in [5.74, 6) is 0. The minimum absolute atomic E-state index is 1.11. The van der Waals surface area contributed by atoms with Gasteiger partial charge in [-0.3, -0.25) is 0 Å². The van der Waals surface area contributed by atoms with Crippen molar-refractivity contribution in [3.63, 3.8) is 0 Å². The number of fused-ring (bicyclic) bond motifs is 3. The first-order valence-electron chi connectivity index (χ1n) is 5.53. The first-order valence-corrected chi connectivity index (χ1v) is 5.53. The van der Waals surface area contributed by atoms with Crippen LogP contribution in [0, 0.1) is 0 Å². The van der Waals surface area contributed by atoms with E-state index in [4.69, 9.17) is 0 Å². The molecule has 3 nitrogen and oxygen atoms in total. The largest absolute Gasteiger partial charge is 0.242 e. The van der Waals surface area contributed by atoms with Crippen LogP contribution in [-0.4, -0.2) is 17.2 Å². The molecule has 0 aliphatic carbocycles. The molecule has 1 aliphatic heterocycles. The molecule has 2 heterocycles. The van der Waals surface area contributed by atoms with Crippen molar-refractivity contribution < 1.29 is 0 Å². The summed E-state index contributed by atoms with van der Waals surface area (Å²) >= 11 is 0. The summed E-state index contributed by atoms with van der Waals surface area (Å²) in [6.07, 6.45) is 3.44. The topological polar surface area (TPSA) is 29.6 Å². The van der Waals surface area contributed by atoms with Crippen molar-refractivity contribution in [2.24, 2.45) is 10.1 Å². The Hall–Kier alpha value is -2.42. The number of para-hydroxylation sites is 2. The molecule has 0 unspecified atom stereocenters. The highest BCUT2D eigenvalue weighted by Crippen LogP contribution is 2.30. The van der Waals surface area contributed by atoms with Gasteiger partial charge >= 0.3 is 0 Å². The number of benzene rings is 2. The Balaban J connectivity index is 2.39. The van der Waals surface area contributed by atoms with Crippen molar-refractivity contribution in [2.45, 2.75) is 0 Å². The van der Waals surface area contributed by atoms with Crippen molar-refractivity contribution in [3.8, 4) is 0 Å². The van der Waals surface area contributed by atoms with Crippen LogP contribution in [0.2, 0.25) is 0 Å². The van der Waals surface area contributed by atoms with E-state index in [2.05, 4.69) is 46.5 Å². The molecule has 0 fully saturated rings. The van der Waals surface area contributed by atoms with Crippen LogP contribution in [0.5, 0.6) is 0 Å². The zero-order chi connectivity index (χ0) is 11.2. The molecule has 2 aromatic carbocycles. The molecule has 0 radical (unpaired) electrons. The van der Waals surface area contributed by atoms with Crippen LogP contribution >= 0.6 is 0 Å². The van der Waals surface area contributed by atoms with E-state index in [9.17, 15) is 0 Å². The van der Waals surface area contributed by atoms with Crippen LogP contribution in [0.3, 0.4) is 0 Å². The Labute approximate surface area is 97.7 Å². The Bertz CT molecular complexity index is 794. The zero-order valence-electron chi connectivity index (χ0n) is 9.04. The standard InChI is InChI=1S/C14H9N3/c1-2-7-13-11(5-1)12-6-3-4-10-8-15-9-16-17(13)14(10)12/h1-9H. The third kappa shape index (κ3) is 1.05. The SMILES string of the molecule is C1=NC=Nn2c3ccccc3c3cccc1c32. The van der Waals surface area contributed by atoms with Gasteiger partial charge in [-0.1, -0.05) is 36.4 Å². The average molecular weight is 219 g/mol. The third-order valence-corrected chi connectivity index (χ3v) is 3.15. The predicted molar refractivity (Wildman–Crippen MR) is 70.9 cm³/mol. The fraction of sp³-hybridized carbons (Fsp3) is 0. The number of nitrogens with zero attached hydrogens (tertiary/aromatic N) is 3. The number of hydrogen-bond donors (Lipinski definition) is 0. The fourth-order valence-corrected chi connectivity index (χ4v) is 2.44. The van der Waals surface area contributed by atoms with Gasteiger partial charge in [0, 0.05) is 22.6 Å². The van der Waals surface area contributed by atoms with E-state index in [1.807, 2.05) is 17.0 Å². The van der Waals surface area contributed by atoms with Crippen molar-refractivity contribution in [1.82, 2.24) is 4.68 Å². The molecule has 0 N–H and O–H groups in total. The van der Waals surface area contributed by atoms with Crippen molar-refractivity contribution in [2.75, 3.05) is 0 Å². The average Bonchev–Trinajstić information content (AvgIpc) is 2.56. The molecule has 1 aromatic heterocycles. The number of hydrogen-bond acceptors (Lipinski definition) is 2. The summed E-state index contributed by atoms with van der Waals surface area (Å²) in [7, 11) is 0. The Kier molecular flexibility index (Phi) is 1.56. The molecule has 0 saturated carbocycles. The van der Waals surface area contributed by atoms with E-state index >= 15 is 0 Å². The maximum atomic E-state index is 4.39. The monoisotopic (exact) mass is 219 g/mol. The normalized spacial score (nSPS) is 13.4. The van der Waals surface area contributed by atoms with Gasteiger partial charge < -0.3 is 0 Å². The summed E-state index contributed by atoms with van der Waals surface area (Å²) < 4.78 is 1.97. The lowest BCUT2D eigenvalue weighted by atomic mass is 10.1. The first-order chi connectivity index (χ1) is 8.45. The zero-order valence-corrected chi connectivity index (χ0v) is 9.04. The van der Waals surface area contributed by atoms with E-state index in [1.165, 1.54) is 10.8 Å². The van der Waals surface area contributed by atoms with Gasteiger partial charge in [0.1, 0.15) is 6.34 Å². The van der Waals surface area contributed by atoms with Gasteiger partial charge in [-0.05, 0) is 6.07 Å². The van der Waals surface area contributed by atoms with Crippen molar-refractivity contribution in [1.29, 1.82) is 0 Å². The van der Waals surface area contributed by atoms with Crippen LogP contribution in [0.1, 0.15) is 5.56 Å². The number of rotatable bonds is 0. The molecule has 0 spiro atoms. The predicted octanol–water partition coefficient (Wildman–Crippen LogP) is 3.02. The van der Waals surface area contributed by atoms with E-state index in [0.29, 0.717) is 0 Å². The fourth-order valence-electron chi connectivity index (χ4n) is 2.44. The van der Waals surface area contributed by atoms with Crippen LogP contribution in [-0.2, 0) is 0 Å². The summed E-state index contributed by atoms with van der Waals surface area (Å²) in [5, 5.41) is 6.85. The van der Waals surface area contributed by atoms with Gasteiger partial charge in [0.2, 0.25) is 0 Å². The minimum atomic E-state index is 1.11. The van der Waals surface area contributed by atoms with Gasteiger partial charge in [-0.15, -0.1) is 0 Å². The first kappa shape index (κ1) is 8.70. The summed E-state index contributed by atoms with van der Waals surface area (Å²) in [4.78, 5) is 4.15. The number of aliphatic imine (C=N–C) groups is 1. The Morgan fingerprint density at radius 1 is 0.882 bits per heavy atom. The van der Waals surface area contributed by atoms with Gasteiger partial charge in [0.15, 0.2) is 0 Å². The number of aromatic nitrogens is 1. The van der Waals surface area contributed by atoms with Crippen molar-refractivity contribution in [3.05, 3.63) is 48.0 Å². The highest BCUT2D eigenvalue weighted by molar-refractivity contribution is 6.14. The van der Waals surface area contributed by atoms with Gasteiger partial charge in [0.05, 0.1) is 11.0 Å². The third-order valence-electron chi connectivity index (χ3n) is 3.15. The van der Waals surface area contributed by atoms with Crippen molar-refractivity contribution >= 4 is 34.4 Å². The summed E-state index contributed by atoms with van der Waals surface area (Å²) in [5.41, 5.74) is 3.36. The van der Waals surface area contributed by atoms with E-state index in [-0.39, 0.29) is 0 Å². The van der Waals surface area contributed by atoms with Crippen LogP contribution in [0.4, 0.5) is 0 Å². The molecule has 4 rings (SSSR count). The second kappa shape index (κ2) is 3.04. The molecule has 0 bridgehead atoms. The smallest absolute Gasteiger partial charge is 0.136 e. The highest BCUT2D eigenvalue weighted by atomic mass is 15.4. The van der Waals surface area contributed by atoms with Crippen LogP contribution in [0.25, 0.3) is 21.8 Å². The van der Waals surface area contributed by atoms with Crippen LogP contribution in [0.15, 0.2) is 52.6 Å². The van der Waals surface area contributed by atoms with Crippen LogP contribution < -0.4 is 0 Å². The van der Waals surface area contributed by atoms with E-state index in [0.717, 1.165) is 16.6 Å². The summed E-state index contributed by atoms with van der Waals surface area (Å²) in [6, 6.07) is 14.6. The maximum Gasteiger partial charge on any atom is 0.136 e. The second-order valence-corrected chi connectivity index (χ2v) is 4.08. The summed E-state index contributed by atoms with van der Waals surface area (Å²) in [6.45, 7) is 0. The van der Waals surface area contributed by atoms with Gasteiger partial charge in [0.25, 0.3) is 0 Å². The Morgan fingerprint density at radius 3 is 2.76 bits per heavy atom.